The second kappa shape index (κ2) is 8.36. The normalized spacial score (nSPS) is 14.6. The van der Waals surface area contributed by atoms with Crippen LogP contribution in [0.5, 0.6) is 0 Å². The van der Waals surface area contributed by atoms with Crippen molar-refractivity contribution in [2.45, 2.75) is 58.0 Å². The fourth-order valence-electron chi connectivity index (χ4n) is 2.72. The SMILES string of the molecule is CCC(C)c1ccc(S(=O)(=O)OC(C(=O)c2ccccc2)C(C)(C)C)cc1. The number of benzene rings is 2. The first-order valence-corrected chi connectivity index (χ1v) is 10.6. The van der Waals surface area contributed by atoms with Gasteiger partial charge < -0.3 is 0 Å². The predicted octanol–water partition coefficient (Wildman–Crippen LogP) is 5.20. The Bertz CT molecular complexity index is 863. The molecule has 0 aliphatic rings. The lowest BCUT2D eigenvalue weighted by atomic mass is 9.84. The summed E-state index contributed by atoms with van der Waals surface area (Å²) in [4.78, 5) is 13.0. The van der Waals surface area contributed by atoms with Crippen LogP contribution in [0.4, 0.5) is 0 Å². The van der Waals surface area contributed by atoms with Gasteiger partial charge in [-0.25, -0.2) is 0 Å². The van der Waals surface area contributed by atoms with Crippen LogP contribution in [0.15, 0.2) is 59.5 Å². The summed E-state index contributed by atoms with van der Waals surface area (Å²) >= 11 is 0. The molecule has 0 aliphatic heterocycles. The Labute approximate surface area is 162 Å². The molecule has 0 saturated heterocycles. The summed E-state index contributed by atoms with van der Waals surface area (Å²) in [6, 6.07) is 15.3. The summed E-state index contributed by atoms with van der Waals surface area (Å²) in [7, 11) is -4.07. The van der Waals surface area contributed by atoms with Crippen molar-refractivity contribution >= 4 is 15.9 Å². The number of carbonyl (C=O) groups excluding carboxylic acids is 1. The number of Topliss-reactive ketones (excluding diaryl/α,β-unsaturated/α-hetero) is 1. The third-order valence-corrected chi connectivity index (χ3v) is 5.95. The maximum atomic E-state index is 12.9. The summed E-state index contributed by atoms with van der Waals surface area (Å²) in [5.41, 5.74) is 0.820. The van der Waals surface area contributed by atoms with Gasteiger partial charge in [0.15, 0.2) is 5.78 Å². The zero-order chi connectivity index (χ0) is 20.2. The van der Waals surface area contributed by atoms with E-state index in [1.54, 1.807) is 75.4 Å². The second-order valence-corrected chi connectivity index (χ2v) is 9.48. The smallest absolute Gasteiger partial charge is 0.291 e. The number of rotatable bonds is 7. The van der Waals surface area contributed by atoms with Gasteiger partial charge in [0.25, 0.3) is 10.1 Å². The van der Waals surface area contributed by atoms with Crippen molar-refractivity contribution in [2.24, 2.45) is 5.41 Å². The van der Waals surface area contributed by atoms with Crippen LogP contribution in [0, 0.1) is 5.41 Å². The first kappa shape index (κ1) is 21.3. The predicted molar refractivity (Wildman–Crippen MR) is 107 cm³/mol. The molecule has 0 heterocycles. The van der Waals surface area contributed by atoms with Crippen LogP contribution in [0.25, 0.3) is 0 Å². The van der Waals surface area contributed by atoms with E-state index in [1.807, 2.05) is 0 Å². The van der Waals surface area contributed by atoms with Gasteiger partial charge in [0, 0.05) is 5.56 Å². The molecular weight excluding hydrogens is 360 g/mol. The standard InChI is InChI=1S/C22H28O4S/c1-6-16(2)17-12-14-19(15-13-17)27(24,25)26-21(22(3,4)5)20(23)18-10-8-7-9-11-18/h7-16,21H,6H2,1-5H3. The van der Waals surface area contributed by atoms with Crippen LogP contribution in [0.2, 0.25) is 0 Å². The number of hydrogen-bond acceptors (Lipinski definition) is 4. The molecule has 0 aromatic heterocycles. The van der Waals surface area contributed by atoms with E-state index in [0.29, 0.717) is 11.5 Å². The molecule has 2 unspecified atom stereocenters. The number of ketones is 1. The van der Waals surface area contributed by atoms with E-state index in [-0.39, 0.29) is 10.7 Å². The van der Waals surface area contributed by atoms with Crippen molar-refractivity contribution < 1.29 is 17.4 Å². The summed E-state index contributed by atoms with van der Waals surface area (Å²) in [6.45, 7) is 9.55. The maximum Gasteiger partial charge on any atom is 0.297 e. The lowest BCUT2D eigenvalue weighted by Gasteiger charge is -2.28. The highest BCUT2D eigenvalue weighted by Crippen LogP contribution is 2.30. The van der Waals surface area contributed by atoms with Gasteiger partial charge in [-0.2, -0.15) is 8.42 Å². The Morgan fingerprint density at radius 3 is 2.04 bits per heavy atom. The van der Waals surface area contributed by atoms with Crippen molar-refractivity contribution in [1.82, 2.24) is 0 Å². The van der Waals surface area contributed by atoms with E-state index < -0.39 is 21.6 Å². The summed E-state index contributed by atoms with van der Waals surface area (Å²) in [5, 5.41) is 0. The maximum absolute atomic E-state index is 12.9. The van der Waals surface area contributed by atoms with Gasteiger partial charge in [-0.1, -0.05) is 77.1 Å². The van der Waals surface area contributed by atoms with Gasteiger partial charge in [-0.15, -0.1) is 0 Å². The molecule has 0 spiro atoms. The number of carbonyl (C=O) groups is 1. The molecule has 4 nitrogen and oxygen atoms in total. The van der Waals surface area contributed by atoms with E-state index in [9.17, 15) is 13.2 Å². The van der Waals surface area contributed by atoms with Gasteiger partial charge in [0.2, 0.25) is 0 Å². The van der Waals surface area contributed by atoms with E-state index >= 15 is 0 Å². The van der Waals surface area contributed by atoms with Crippen LogP contribution in [-0.2, 0) is 14.3 Å². The molecule has 0 fully saturated rings. The molecule has 2 rings (SSSR count). The summed E-state index contributed by atoms with van der Waals surface area (Å²) in [6.07, 6.45) is -0.139. The van der Waals surface area contributed by atoms with Crippen LogP contribution < -0.4 is 0 Å². The highest BCUT2D eigenvalue weighted by molar-refractivity contribution is 7.86. The lowest BCUT2D eigenvalue weighted by Crippen LogP contribution is -2.38. The molecule has 0 N–H and O–H groups in total. The van der Waals surface area contributed by atoms with E-state index in [0.717, 1.165) is 12.0 Å². The average Bonchev–Trinajstić information content (AvgIpc) is 2.65. The van der Waals surface area contributed by atoms with Crippen molar-refractivity contribution in [3.63, 3.8) is 0 Å². The summed E-state index contributed by atoms with van der Waals surface area (Å²) < 4.78 is 31.1. The van der Waals surface area contributed by atoms with Crippen molar-refractivity contribution in [3.05, 3.63) is 65.7 Å². The Hall–Kier alpha value is -1.98. The molecule has 0 radical (unpaired) electrons. The highest BCUT2D eigenvalue weighted by Gasteiger charge is 2.37. The van der Waals surface area contributed by atoms with Crippen molar-refractivity contribution in [1.29, 1.82) is 0 Å². The molecule has 5 heteroatoms. The van der Waals surface area contributed by atoms with Gasteiger partial charge in [0.05, 0.1) is 4.90 Å². The van der Waals surface area contributed by atoms with Crippen molar-refractivity contribution in [3.8, 4) is 0 Å². The Morgan fingerprint density at radius 2 is 1.56 bits per heavy atom. The number of hydrogen-bond donors (Lipinski definition) is 0. The molecule has 0 aliphatic carbocycles. The topological polar surface area (TPSA) is 60.4 Å². The largest absolute Gasteiger partial charge is 0.297 e. The molecule has 0 saturated carbocycles. The minimum Gasteiger partial charge on any atom is -0.291 e. The third-order valence-electron chi connectivity index (χ3n) is 4.66. The minimum absolute atomic E-state index is 0.0599. The molecule has 146 valence electrons. The van der Waals surface area contributed by atoms with E-state index in [4.69, 9.17) is 4.18 Å². The lowest BCUT2D eigenvalue weighted by molar-refractivity contribution is 0.0562. The first-order chi connectivity index (χ1) is 12.6. The summed E-state index contributed by atoms with van der Waals surface area (Å²) in [5.74, 6) is 0.00700. The van der Waals surface area contributed by atoms with Crippen molar-refractivity contribution in [2.75, 3.05) is 0 Å². The molecule has 2 atom stereocenters. The quantitative estimate of drug-likeness (QED) is 0.483. The second-order valence-electron chi connectivity index (χ2n) is 7.91. The monoisotopic (exact) mass is 388 g/mol. The fourth-order valence-corrected chi connectivity index (χ4v) is 3.93. The molecule has 27 heavy (non-hydrogen) atoms. The van der Waals surface area contributed by atoms with E-state index in [1.165, 1.54) is 0 Å². The van der Waals surface area contributed by atoms with Gasteiger partial charge in [0.1, 0.15) is 6.10 Å². The van der Waals surface area contributed by atoms with Crippen LogP contribution >= 0.6 is 0 Å². The van der Waals surface area contributed by atoms with Crippen LogP contribution in [0.3, 0.4) is 0 Å². The molecule has 0 amide bonds. The Morgan fingerprint density at radius 1 is 1.00 bits per heavy atom. The van der Waals surface area contributed by atoms with Gasteiger partial charge >= 0.3 is 0 Å². The zero-order valence-corrected chi connectivity index (χ0v) is 17.4. The Kier molecular flexibility index (Phi) is 6.60. The zero-order valence-electron chi connectivity index (χ0n) is 16.6. The Balaban J connectivity index is 2.32. The minimum atomic E-state index is -4.07. The first-order valence-electron chi connectivity index (χ1n) is 9.18. The highest BCUT2D eigenvalue weighted by atomic mass is 32.2. The molecule has 2 aromatic carbocycles. The van der Waals surface area contributed by atoms with Gasteiger partial charge in [-0.05, 0) is 35.4 Å². The fraction of sp³-hybridized carbons (Fsp3) is 0.409. The van der Waals surface area contributed by atoms with Gasteiger partial charge in [-0.3, -0.25) is 8.98 Å². The molecular formula is C22H28O4S. The molecule has 0 bridgehead atoms. The third kappa shape index (κ3) is 5.27. The van der Waals surface area contributed by atoms with Crippen LogP contribution in [-0.4, -0.2) is 20.3 Å². The van der Waals surface area contributed by atoms with Crippen LogP contribution in [0.1, 0.15) is 62.9 Å². The average molecular weight is 389 g/mol. The van der Waals surface area contributed by atoms with E-state index in [2.05, 4.69) is 13.8 Å². The molecule has 2 aromatic rings.